The van der Waals surface area contributed by atoms with Gasteiger partial charge in [-0.3, -0.25) is 4.79 Å². The first-order valence-corrected chi connectivity index (χ1v) is 7.87. The zero-order valence-corrected chi connectivity index (χ0v) is 14.9. The van der Waals surface area contributed by atoms with E-state index in [0.29, 0.717) is 0 Å². The van der Waals surface area contributed by atoms with E-state index >= 15 is 0 Å². The predicted octanol–water partition coefficient (Wildman–Crippen LogP) is 3.86. The number of rotatable bonds is 5. The fourth-order valence-corrected chi connectivity index (χ4v) is 1.95. The molecule has 0 fully saturated rings. The number of hydrogen-bond donors (Lipinski definition) is 1. The monoisotopic (exact) mass is 423 g/mol. The molecule has 1 N–H and O–H groups in total. The average molecular weight is 423 g/mol. The Morgan fingerprint density at radius 1 is 1.14 bits per heavy atom. The summed E-state index contributed by atoms with van der Waals surface area (Å²) in [4.78, 5) is 23.4. The number of alkyl carbamates (subject to hydrolysis) is 1. The minimum Gasteiger partial charge on any atom is -0.444 e. The highest BCUT2D eigenvalue weighted by Gasteiger charge is 2.49. The largest absolute Gasteiger partial charge is 0.444 e. The lowest BCUT2D eigenvalue weighted by atomic mass is 9.84. The molecule has 0 aromatic rings. The molecule has 21 heavy (non-hydrogen) atoms. The molecule has 0 spiro atoms. The minimum absolute atomic E-state index is 0.00611. The molecular weight excluding hydrogens is 402 g/mol. The molecule has 0 aliphatic rings. The highest BCUT2D eigenvalue weighted by atomic mass is 127. The van der Waals surface area contributed by atoms with Crippen LogP contribution in [0.5, 0.6) is 0 Å². The zero-order chi connectivity index (χ0) is 17.1. The summed E-state index contributed by atoms with van der Waals surface area (Å²) < 4.78 is 43.7. The number of alkyl halides is 4. The Morgan fingerprint density at radius 3 is 1.95 bits per heavy atom. The number of carbonyl (C=O) groups excluding carboxylic acids is 2. The van der Waals surface area contributed by atoms with Crippen LogP contribution >= 0.6 is 22.6 Å². The van der Waals surface area contributed by atoms with Crippen molar-refractivity contribution in [2.75, 3.05) is 4.43 Å². The van der Waals surface area contributed by atoms with Crippen LogP contribution in [0.3, 0.4) is 0 Å². The number of amides is 1. The van der Waals surface area contributed by atoms with Gasteiger partial charge < -0.3 is 10.1 Å². The van der Waals surface area contributed by atoms with Crippen LogP contribution in [0.2, 0.25) is 0 Å². The summed E-state index contributed by atoms with van der Waals surface area (Å²) in [5.41, 5.74) is -2.88. The number of carbonyl (C=O) groups is 2. The molecule has 0 radical (unpaired) electrons. The van der Waals surface area contributed by atoms with Gasteiger partial charge in [-0.25, -0.2) is 4.79 Å². The standard InChI is InChI=1S/C13H21F3INO3/c1-11(2,3)21-10(20)18-8(9(19)7-17)6-12(4,5)13(14,15)16/h8H,6-7H2,1-5H3,(H,18,20)/t8-/m0/s1. The van der Waals surface area contributed by atoms with Gasteiger partial charge in [-0.15, -0.1) is 0 Å². The molecule has 4 nitrogen and oxygen atoms in total. The van der Waals surface area contributed by atoms with Crippen LogP contribution in [-0.4, -0.2) is 34.1 Å². The van der Waals surface area contributed by atoms with E-state index in [1.165, 1.54) is 0 Å². The van der Waals surface area contributed by atoms with Crippen molar-refractivity contribution in [2.24, 2.45) is 5.41 Å². The van der Waals surface area contributed by atoms with Gasteiger partial charge in [0.25, 0.3) is 0 Å². The number of halogens is 4. The van der Waals surface area contributed by atoms with Gasteiger partial charge in [0.05, 0.1) is 15.9 Å². The molecule has 0 rings (SSSR count). The van der Waals surface area contributed by atoms with Gasteiger partial charge in [0, 0.05) is 0 Å². The molecule has 0 bridgehead atoms. The lowest BCUT2D eigenvalue weighted by Crippen LogP contribution is -2.48. The third-order valence-corrected chi connectivity index (χ3v) is 3.44. The Labute approximate surface area is 136 Å². The van der Waals surface area contributed by atoms with Crippen molar-refractivity contribution in [3.8, 4) is 0 Å². The molecule has 0 aromatic carbocycles. The van der Waals surface area contributed by atoms with Crippen molar-refractivity contribution in [1.29, 1.82) is 0 Å². The normalized spacial score (nSPS) is 14.5. The third kappa shape index (κ3) is 7.32. The Bertz CT molecular complexity index is 389. The first-order valence-electron chi connectivity index (χ1n) is 6.34. The predicted molar refractivity (Wildman–Crippen MR) is 81.5 cm³/mol. The number of nitrogens with one attached hydrogen (secondary N) is 1. The van der Waals surface area contributed by atoms with Gasteiger partial charge in [-0.1, -0.05) is 36.4 Å². The Kier molecular flexibility index (Phi) is 6.96. The molecule has 1 amide bonds. The van der Waals surface area contributed by atoms with E-state index in [0.717, 1.165) is 13.8 Å². The van der Waals surface area contributed by atoms with Crippen LogP contribution in [0.15, 0.2) is 0 Å². The van der Waals surface area contributed by atoms with Crippen molar-refractivity contribution >= 4 is 34.5 Å². The van der Waals surface area contributed by atoms with Crippen LogP contribution in [-0.2, 0) is 9.53 Å². The smallest absolute Gasteiger partial charge is 0.408 e. The molecule has 0 saturated heterocycles. The van der Waals surface area contributed by atoms with Crippen LogP contribution in [0.4, 0.5) is 18.0 Å². The van der Waals surface area contributed by atoms with Gasteiger partial charge in [0.1, 0.15) is 5.60 Å². The summed E-state index contributed by atoms with van der Waals surface area (Å²) in [6.45, 7) is 6.87. The lowest BCUT2D eigenvalue weighted by molar-refractivity contribution is -0.215. The Balaban J connectivity index is 5.00. The summed E-state index contributed by atoms with van der Waals surface area (Å²) in [5.74, 6) is -0.473. The molecule has 124 valence electrons. The van der Waals surface area contributed by atoms with Gasteiger partial charge in [0.2, 0.25) is 0 Å². The second kappa shape index (κ2) is 7.15. The molecule has 0 aliphatic carbocycles. The summed E-state index contributed by atoms with van der Waals surface area (Å²) >= 11 is 1.75. The lowest BCUT2D eigenvalue weighted by Gasteiger charge is -2.31. The number of ether oxygens (including phenoxy) is 1. The van der Waals surface area contributed by atoms with E-state index in [1.54, 1.807) is 43.4 Å². The number of ketones is 1. The van der Waals surface area contributed by atoms with E-state index in [-0.39, 0.29) is 4.43 Å². The number of hydrogen-bond acceptors (Lipinski definition) is 3. The maximum absolute atomic E-state index is 12.9. The average Bonchev–Trinajstić information content (AvgIpc) is 2.22. The van der Waals surface area contributed by atoms with Gasteiger partial charge >= 0.3 is 12.3 Å². The van der Waals surface area contributed by atoms with E-state index in [9.17, 15) is 22.8 Å². The quantitative estimate of drug-likeness (QED) is 0.540. The summed E-state index contributed by atoms with van der Waals surface area (Å²) in [7, 11) is 0. The van der Waals surface area contributed by atoms with Crippen LogP contribution < -0.4 is 5.32 Å². The summed E-state index contributed by atoms with van der Waals surface area (Å²) in [6, 6.07) is -1.23. The molecule has 0 saturated carbocycles. The third-order valence-electron chi connectivity index (χ3n) is 2.69. The number of Topliss-reactive ketones (excluding diaryl/α,β-unsaturated/α-hetero) is 1. The molecule has 8 heteroatoms. The van der Waals surface area contributed by atoms with E-state index in [4.69, 9.17) is 4.74 Å². The minimum atomic E-state index is -4.47. The first kappa shape index (κ1) is 20.5. The van der Waals surface area contributed by atoms with Gasteiger partial charge in [-0.2, -0.15) is 13.2 Å². The molecule has 0 aromatic heterocycles. The van der Waals surface area contributed by atoms with Crippen LogP contribution in [0.25, 0.3) is 0 Å². The Morgan fingerprint density at radius 2 is 1.62 bits per heavy atom. The molecule has 1 atom stereocenters. The molecular formula is C13H21F3INO3. The van der Waals surface area contributed by atoms with Crippen molar-refractivity contribution in [3.63, 3.8) is 0 Å². The fraction of sp³-hybridized carbons (Fsp3) is 0.846. The first-order chi connectivity index (χ1) is 9.19. The fourth-order valence-electron chi connectivity index (χ4n) is 1.41. The Hall–Kier alpha value is -0.540. The maximum Gasteiger partial charge on any atom is 0.408 e. The van der Waals surface area contributed by atoms with Crippen molar-refractivity contribution in [2.45, 2.75) is 58.9 Å². The SMILES string of the molecule is CC(C)(C)OC(=O)N[C@@H](CC(C)(C)C(F)(F)F)C(=O)CI. The van der Waals surface area contributed by atoms with Crippen LogP contribution in [0, 0.1) is 5.41 Å². The molecule has 0 unspecified atom stereocenters. The molecule has 0 heterocycles. The van der Waals surface area contributed by atoms with E-state index < -0.39 is 41.5 Å². The van der Waals surface area contributed by atoms with E-state index in [1.807, 2.05) is 0 Å². The second-order valence-corrected chi connectivity index (χ2v) is 7.15. The summed E-state index contributed by atoms with van der Waals surface area (Å²) in [6.07, 6.45) is -5.90. The topological polar surface area (TPSA) is 55.4 Å². The van der Waals surface area contributed by atoms with Crippen LogP contribution in [0.1, 0.15) is 41.0 Å². The van der Waals surface area contributed by atoms with Crippen molar-refractivity contribution < 1.29 is 27.5 Å². The van der Waals surface area contributed by atoms with Gasteiger partial charge in [0.15, 0.2) is 5.78 Å². The molecule has 0 aliphatic heterocycles. The highest BCUT2D eigenvalue weighted by Crippen LogP contribution is 2.41. The second-order valence-electron chi connectivity index (χ2n) is 6.38. The van der Waals surface area contributed by atoms with Crippen molar-refractivity contribution in [1.82, 2.24) is 5.32 Å². The van der Waals surface area contributed by atoms with Gasteiger partial charge in [-0.05, 0) is 27.2 Å². The highest BCUT2D eigenvalue weighted by molar-refractivity contribution is 14.1. The van der Waals surface area contributed by atoms with Crippen molar-refractivity contribution in [3.05, 3.63) is 0 Å². The maximum atomic E-state index is 12.9. The summed E-state index contributed by atoms with van der Waals surface area (Å²) in [5, 5.41) is 2.24. The van der Waals surface area contributed by atoms with E-state index in [2.05, 4.69) is 5.32 Å². The zero-order valence-electron chi connectivity index (χ0n) is 12.7.